The van der Waals surface area contributed by atoms with Crippen LogP contribution in [0.15, 0.2) is 65.7 Å². The molecule has 0 fully saturated rings. The average Bonchev–Trinajstić information content (AvgIpc) is 2.73. The number of benzene rings is 2. The van der Waals surface area contributed by atoms with Gasteiger partial charge in [-0.3, -0.25) is 4.79 Å². The third-order valence-corrected chi connectivity index (χ3v) is 4.92. The standard InChI is InChI=1S/C21H21FN4OS/c1-2-15-4-3-5-18(12-15)24-20(27)14-28-21-11-10-19(25-26-21)23-13-16-6-8-17(22)9-7-16/h3-12H,2,13-14H2,1H3,(H,23,25)(H,24,27). The molecule has 0 radical (unpaired) electrons. The van der Waals surface area contributed by atoms with Crippen molar-refractivity contribution < 1.29 is 9.18 Å². The minimum absolute atomic E-state index is 0.0847. The molecule has 5 nitrogen and oxygen atoms in total. The highest BCUT2D eigenvalue weighted by molar-refractivity contribution is 7.99. The molecule has 1 aromatic heterocycles. The Hall–Kier alpha value is -2.93. The number of nitrogens with one attached hydrogen (secondary N) is 2. The van der Waals surface area contributed by atoms with Gasteiger partial charge in [0.1, 0.15) is 16.7 Å². The molecule has 3 aromatic rings. The number of halogens is 1. The number of hydrogen-bond donors (Lipinski definition) is 2. The van der Waals surface area contributed by atoms with Gasteiger partial charge in [0, 0.05) is 12.2 Å². The Kier molecular flexibility index (Phi) is 6.97. The molecule has 3 rings (SSSR count). The lowest BCUT2D eigenvalue weighted by atomic mass is 10.1. The molecular formula is C21H21FN4OS. The van der Waals surface area contributed by atoms with Crippen LogP contribution in [0.5, 0.6) is 0 Å². The predicted octanol–water partition coefficient (Wildman–Crippen LogP) is 4.52. The first-order valence-corrected chi connectivity index (χ1v) is 9.94. The second kappa shape index (κ2) is 9.85. The second-order valence-electron chi connectivity index (χ2n) is 6.13. The zero-order chi connectivity index (χ0) is 19.8. The van der Waals surface area contributed by atoms with Gasteiger partial charge in [0.2, 0.25) is 5.91 Å². The maximum Gasteiger partial charge on any atom is 0.234 e. The fourth-order valence-corrected chi connectivity index (χ4v) is 3.11. The van der Waals surface area contributed by atoms with E-state index in [0.717, 1.165) is 17.7 Å². The summed E-state index contributed by atoms with van der Waals surface area (Å²) in [6.45, 7) is 2.61. The fourth-order valence-electron chi connectivity index (χ4n) is 2.49. The lowest BCUT2D eigenvalue weighted by Crippen LogP contribution is -2.14. The van der Waals surface area contributed by atoms with Crippen LogP contribution in [0.4, 0.5) is 15.9 Å². The van der Waals surface area contributed by atoms with Crippen LogP contribution >= 0.6 is 11.8 Å². The Morgan fingerprint density at radius 1 is 1.04 bits per heavy atom. The van der Waals surface area contributed by atoms with E-state index in [4.69, 9.17) is 0 Å². The first-order valence-electron chi connectivity index (χ1n) is 8.96. The molecule has 0 saturated carbocycles. The molecule has 1 amide bonds. The van der Waals surface area contributed by atoms with E-state index in [1.807, 2.05) is 36.4 Å². The van der Waals surface area contributed by atoms with Crippen LogP contribution < -0.4 is 10.6 Å². The molecule has 0 spiro atoms. The Morgan fingerprint density at radius 2 is 1.86 bits per heavy atom. The summed E-state index contributed by atoms with van der Waals surface area (Å²) in [7, 11) is 0. The smallest absolute Gasteiger partial charge is 0.234 e. The SMILES string of the molecule is CCc1cccc(NC(=O)CSc2ccc(NCc3ccc(F)cc3)nn2)c1. The van der Waals surface area contributed by atoms with Gasteiger partial charge in [0.15, 0.2) is 0 Å². The topological polar surface area (TPSA) is 66.9 Å². The van der Waals surface area contributed by atoms with E-state index < -0.39 is 0 Å². The van der Waals surface area contributed by atoms with Gasteiger partial charge < -0.3 is 10.6 Å². The number of rotatable bonds is 8. The van der Waals surface area contributed by atoms with Crippen LogP contribution in [-0.4, -0.2) is 21.9 Å². The van der Waals surface area contributed by atoms with Crippen molar-refractivity contribution in [2.45, 2.75) is 24.9 Å². The van der Waals surface area contributed by atoms with E-state index in [9.17, 15) is 9.18 Å². The molecule has 0 aliphatic rings. The highest BCUT2D eigenvalue weighted by Crippen LogP contribution is 2.17. The minimum atomic E-state index is -0.257. The quantitative estimate of drug-likeness (QED) is 0.548. The Labute approximate surface area is 167 Å². The molecule has 0 unspecified atom stereocenters. The van der Waals surface area contributed by atoms with Crippen LogP contribution in [0.25, 0.3) is 0 Å². The summed E-state index contributed by atoms with van der Waals surface area (Å²) in [5.74, 6) is 0.535. The largest absolute Gasteiger partial charge is 0.365 e. The van der Waals surface area contributed by atoms with Gasteiger partial charge in [0.25, 0.3) is 0 Å². The summed E-state index contributed by atoms with van der Waals surface area (Å²) >= 11 is 1.33. The summed E-state index contributed by atoms with van der Waals surface area (Å²) in [6, 6.07) is 17.7. The van der Waals surface area contributed by atoms with Gasteiger partial charge >= 0.3 is 0 Å². The van der Waals surface area contributed by atoms with Gasteiger partial charge in [0.05, 0.1) is 5.75 Å². The van der Waals surface area contributed by atoms with E-state index in [2.05, 4.69) is 27.8 Å². The van der Waals surface area contributed by atoms with E-state index >= 15 is 0 Å². The molecule has 0 aliphatic heterocycles. The van der Waals surface area contributed by atoms with Crippen LogP contribution in [0.3, 0.4) is 0 Å². The zero-order valence-corrected chi connectivity index (χ0v) is 16.3. The lowest BCUT2D eigenvalue weighted by Gasteiger charge is -2.07. The number of amides is 1. The first kappa shape index (κ1) is 19.8. The van der Waals surface area contributed by atoms with Gasteiger partial charge in [-0.05, 0) is 53.9 Å². The molecule has 7 heteroatoms. The summed E-state index contributed by atoms with van der Waals surface area (Å²) in [6.07, 6.45) is 0.926. The van der Waals surface area contributed by atoms with Gasteiger partial charge in [-0.15, -0.1) is 10.2 Å². The summed E-state index contributed by atoms with van der Waals surface area (Å²) in [4.78, 5) is 12.1. The van der Waals surface area contributed by atoms with Gasteiger partial charge in [-0.1, -0.05) is 43.0 Å². The van der Waals surface area contributed by atoms with E-state index in [1.165, 1.54) is 29.5 Å². The Balaban J connectivity index is 1.45. The molecule has 2 N–H and O–H groups in total. The summed E-state index contributed by atoms with van der Waals surface area (Å²) in [5, 5.41) is 14.9. The number of nitrogens with zero attached hydrogens (tertiary/aromatic N) is 2. The summed E-state index contributed by atoms with van der Waals surface area (Å²) in [5.41, 5.74) is 2.93. The van der Waals surface area contributed by atoms with Crippen molar-refractivity contribution in [2.24, 2.45) is 0 Å². The van der Waals surface area contributed by atoms with Crippen molar-refractivity contribution in [3.8, 4) is 0 Å². The normalized spacial score (nSPS) is 10.5. The second-order valence-corrected chi connectivity index (χ2v) is 7.12. The monoisotopic (exact) mass is 396 g/mol. The number of aromatic nitrogens is 2. The molecule has 0 aliphatic carbocycles. The molecule has 2 aromatic carbocycles. The third kappa shape index (κ3) is 6.06. The molecule has 0 atom stereocenters. The molecule has 1 heterocycles. The highest BCUT2D eigenvalue weighted by atomic mass is 32.2. The Bertz CT molecular complexity index is 916. The molecule has 28 heavy (non-hydrogen) atoms. The van der Waals surface area contributed by atoms with Gasteiger partial charge in [-0.2, -0.15) is 0 Å². The van der Waals surface area contributed by atoms with Crippen molar-refractivity contribution in [3.05, 3.63) is 77.6 Å². The molecule has 144 valence electrons. The number of thioether (sulfide) groups is 1. The maximum atomic E-state index is 12.9. The van der Waals surface area contributed by atoms with E-state index in [1.54, 1.807) is 12.1 Å². The number of carbonyl (C=O) groups is 1. The molecule has 0 bridgehead atoms. The average molecular weight is 396 g/mol. The zero-order valence-electron chi connectivity index (χ0n) is 15.5. The molecular weight excluding hydrogens is 375 g/mol. The van der Waals surface area contributed by atoms with Crippen LogP contribution in [0.2, 0.25) is 0 Å². The molecule has 0 saturated heterocycles. The van der Waals surface area contributed by atoms with Crippen LogP contribution in [-0.2, 0) is 17.8 Å². The number of anilines is 2. The van der Waals surface area contributed by atoms with Crippen molar-refractivity contribution in [1.82, 2.24) is 10.2 Å². The Morgan fingerprint density at radius 3 is 2.57 bits per heavy atom. The maximum absolute atomic E-state index is 12.9. The van der Waals surface area contributed by atoms with E-state index in [-0.39, 0.29) is 17.5 Å². The van der Waals surface area contributed by atoms with Crippen molar-refractivity contribution >= 4 is 29.2 Å². The number of aryl methyl sites for hydroxylation is 1. The van der Waals surface area contributed by atoms with Crippen molar-refractivity contribution in [2.75, 3.05) is 16.4 Å². The first-order chi connectivity index (χ1) is 13.6. The van der Waals surface area contributed by atoms with E-state index in [0.29, 0.717) is 17.4 Å². The van der Waals surface area contributed by atoms with Gasteiger partial charge in [-0.25, -0.2) is 4.39 Å². The van der Waals surface area contributed by atoms with Crippen LogP contribution in [0, 0.1) is 5.82 Å². The number of carbonyl (C=O) groups excluding carboxylic acids is 1. The van der Waals surface area contributed by atoms with Crippen LogP contribution in [0.1, 0.15) is 18.1 Å². The van der Waals surface area contributed by atoms with Crippen molar-refractivity contribution in [1.29, 1.82) is 0 Å². The lowest BCUT2D eigenvalue weighted by molar-refractivity contribution is -0.113. The van der Waals surface area contributed by atoms with Crippen molar-refractivity contribution in [3.63, 3.8) is 0 Å². The fraction of sp³-hybridized carbons (Fsp3) is 0.190. The number of hydrogen-bond acceptors (Lipinski definition) is 5. The minimum Gasteiger partial charge on any atom is -0.365 e. The highest BCUT2D eigenvalue weighted by Gasteiger charge is 2.06. The third-order valence-electron chi connectivity index (χ3n) is 4.00. The summed E-state index contributed by atoms with van der Waals surface area (Å²) < 4.78 is 12.9. The predicted molar refractivity (Wildman–Crippen MR) is 111 cm³/mol.